The molecule has 0 saturated heterocycles. The SMILES string of the molecule is CS(=O)(=O)Nc1cccc(Nc2cc(NCc3cc(F)cc(F)c3)c(CC(N)=O)cn2)c1. The molecule has 0 bridgehead atoms. The lowest BCUT2D eigenvalue weighted by Gasteiger charge is -2.14. The van der Waals surface area contributed by atoms with E-state index in [0.29, 0.717) is 34.0 Å². The third-order valence-electron chi connectivity index (χ3n) is 4.19. The Bertz CT molecular complexity index is 1230. The minimum Gasteiger partial charge on any atom is -0.381 e. The molecule has 0 spiro atoms. The number of halogens is 2. The number of benzene rings is 2. The maximum Gasteiger partial charge on any atom is 0.229 e. The first-order valence-corrected chi connectivity index (χ1v) is 11.3. The number of carbonyl (C=O) groups excluding carboxylic acids is 1. The van der Waals surface area contributed by atoms with Crippen molar-refractivity contribution in [2.45, 2.75) is 13.0 Å². The van der Waals surface area contributed by atoms with Crippen molar-refractivity contribution in [2.75, 3.05) is 21.6 Å². The van der Waals surface area contributed by atoms with Crippen LogP contribution in [0.2, 0.25) is 0 Å². The fourth-order valence-corrected chi connectivity index (χ4v) is 3.53. The van der Waals surface area contributed by atoms with Crippen LogP contribution in [0.3, 0.4) is 0 Å². The molecule has 0 atom stereocenters. The monoisotopic (exact) mass is 461 g/mol. The highest BCUT2D eigenvalue weighted by Gasteiger charge is 2.10. The Morgan fingerprint density at radius 2 is 1.75 bits per heavy atom. The fourth-order valence-electron chi connectivity index (χ4n) is 2.98. The van der Waals surface area contributed by atoms with E-state index in [1.807, 2.05) is 0 Å². The highest BCUT2D eigenvalue weighted by atomic mass is 32.2. The van der Waals surface area contributed by atoms with Gasteiger partial charge in [0.2, 0.25) is 15.9 Å². The van der Waals surface area contributed by atoms with Crippen LogP contribution in [-0.4, -0.2) is 25.6 Å². The lowest BCUT2D eigenvalue weighted by molar-refractivity contribution is -0.117. The third-order valence-corrected chi connectivity index (χ3v) is 4.80. The number of nitrogens with one attached hydrogen (secondary N) is 3. The average Bonchev–Trinajstić information content (AvgIpc) is 2.66. The zero-order valence-corrected chi connectivity index (χ0v) is 17.8. The zero-order valence-electron chi connectivity index (χ0n) is 17.0. The Labute approximate surface area is 183 Å². The first-order valence-electron chi connectivity index (χ1n) is 9.38. The predicted octanol–water partition coefficient (Wildman–Crippen LogP) is 3.11. The molecule has 168 valence electrons. The molecule has 0 unspecified atom stereocenters. The van der Waals surface area contributed by atoms with E-state index in [1.165, 1.54) is 18.3 Å². The van der Waals surface area contributed by atoms with Crippen LogP contribution in [-0.2, 0) is 27.8 Å². The highest BCUT2D eigenvalue weighted by molar-refractivity contribution is 7.92. The first-order chi connectivity index (χ1) is 15.1. The number of pyridine rings is 1. The maximum absolute atomic E-state index is 13.5. The van der Waals surface area contributed by atoms with Crippen LogP contribution in [0, 0.1) is 11.6 Å². The fraction of sp³-hybridized carbons (Fsp3) is 0.143. The number of nitrogens with zero attached hydrogens (tertiary/aromatic N) is 1. The van der Waals surface area contributed by atoms with Gasteiger partial charge in [-0.2, -0.15) is 0 Å². The number of carbonyl (C=O) groups is 1. The summed E-state index contributed by atoms with van der Waals surface area (Å²) in [6, 6.07) is 11.4. The van der Waals surface area contributed by atoms with Crippen LogP contribution < -0.4 is 21.1 Å². The maximum atomic E-state index is 13.5. The van der Waals surface area contributed by atoms with Crippen molar-refractivity contribution in [2.24, 2.45) is 5.73 Å². The summed E-state index contributed by atoms with van der Waals surface area (Å²) >= 11 is 0. The van der Waals surface area contributed by atoms with Gasteiger partial charge in [0.1, 0.15) is 17.5 Å². The van der Waals surface area contributed by atoms with E-state index in [0.717, 1.165) is 12.3 Å². The number of hydrogen-bond acceptors (Lipinski definition) is 6. The Kier molecular flexibility index (Phi) is 6.89. The van der Waals surface area contributed by atoms with Crippen molar-refractivity contribution >= 4 is 38.8 Å². The van der Waals surface area contributed by atoms with E-state index in [9.17, 15) is 22.0 Å². The lowest BCUT2D eigenvalue weighted by Crippen LogP contribution is -2.15. The summed E-state index contributed by atoms with van der Waals surface area (Å²) in [4.78, 5) is 15.7. The van der Waals surface area contributed by atoms with Crippen molar-refractivity contribution in [1.29, 1.82) is 0 Å². The number of amides is 1. The summed E-state index contributed by atoms with van der Waals surface area (Å²) in [6.07, 6.45) is 2.43. The number of sulfonamides is 1. The number of hydrogen-bond donors (Lipinski definition) is 4. The highest BCUT2D eigenvalue weighted by Crippen LogP contribution is 2.24. The largest absolute Gasteiger partial charge is 0.381 e. The molecular weight excluding hydrogens is 440 g/mol. The molecule has 0 aliphatic rings. The van der Waals surface area contributed by atoms with Gasteiger partial charge in [-0.15, -0.1) is 0 Å². The van der Waals surface area contributed by atoms with Crippen molar-refractivity contribution < 1.29 is 22.0 Å². The Balaban J connectivity index is 1.83. The minimum absolute atomic E-state index is 0.0825. The molecule has 0 saturated carbocycles. The standard InChI is InChI=1S/C21H21F2N5O3S/c1-32(30,31)28-18-4-2-3-17(9-18)27-21-10-19(14(12-26-21)7-20(24)29)25-11-13-5-15(22)8-16(23)6-13/h2-6,8-10,12,28H,7,11H2,1H3,(H2,24,29)(H2,25,26,27). The van der Waals surface area contributed by atoms with Gasteiger partial charge in [0.25, 0.3) is 0 Å². The van der Waals surface area contributed by atoms with Crippen molar-refractivity contribution in [3.05, 3.63) is 77.5 Å². The van der Waals surface area contributed by atoms with E-state index in [4.69, 9.17) is 5.73 Å². The molecule has 32 heavy (non-hydrogen) atoms. The molecule has 0 radical (unpaired) electrons. The minimum atomic E-state index is -3.43. The molecule has 3 rings (SSSR count). The topological polar surface area (TPSA) is 126 Å². The summed E-state index contributed by atoms with van der Waals surface area (Å²) in [5.74, 6) is -1.56. The van der Waals surface area contributed by atoms with Gasteiger partial charge >= 0.3 is 0 Å². The number of aromatic nitrogens is 1. The summed E-state index contributed by atoms with van der Waals surface area (Å²) in [7, 11) is -3.43. The van der Waals surface area contributed by atoms with Gasteiger partial charge in [0.05, 0.1) is 18.4 Å². The molecular formula is C21H21F2N5O3S. The molecule has 11 heteroatoms. The van der Waals surface area contributed by atoms with Crippen LogP contribution in [0.4, 0.5) is 31.7 Å². The summed E-state index contributed by atoms with van der Waals surface area (Å²) in [6.45, 7) is 0.0949. The average molecular weight is 461 g/mol. The molecule has 0 fully saturated rings. The van der Waals surface area contributed by atoms with Crippen LogP contribution in [0.1, 0.15) is 11.1 Å². The molecule has 1 heterocycles. The van der Waals surface area contributed by atoms with Crippen molar-refractivity contribution in [3.8, 4) is 0 Å². The third kappa shape index (κ3) is 6.91. The van der Waals surface area contributed by atoms with Gasteiger partial charge in [-0.05, 0) is 35.9 Å². The van der Waals surface area contributed by atoms with Crippen LogP contribution in [0.15, 0.2) is 54.7 Å². The van der Waals surface area contributed by atoms with Gasteiger partial charge in [0.15, 0.2) is 0 Å². The summed E-state index contributed by atoms with van der Waals surface area (Å²) in [5, 5.41) is 6.09. The van der Waals surface area contributed by atoms with E-state index in [-0.39, 0.29) is 13.0 Å². The lowest BCUT2D eigenvalue weighted by atomic mass is 10.1. The van der Waals surface area contributed by atoms with Crippen molar-refractivity contribution in [1.82, 2.24) is 4.98 Å². The molecule has 5 N–H and O–H groups in total. The number of nitrogens with two attached hydrogens (primary N) is 1. The smallest absolute Gasteiger partial charge is 0.229 e. The van der Waals surface area contributed by atoms with Crippen LogP contribution >= 0.6 is 0 Å². The zero-order chi connectivity index (χ0) is 23.3. The van der Waals surface area contributed by atoms with Gasteiger partial charge in [0, 0.05) is 41.8 Å². The molecule has 0 aliphatic carbocycles. The molecule has 0 aliphatic heterocycles. The van der Waals surface area contributed by atoms with Crippen LogP contribution in [0.5, 0.6) is 0 Å². The Morgan fingerprint density at radius 3 is 2.41 bits per heavy atom. The molecule has 1 amide bonds. The van der Waals surface area contributed by atoms with Gasteiger partial charge in [-0.3, -0.25) is 9.52 Å². The molecule has 3 aromatic rings. The number of anilines is 4. The molecule has 8 nitrogen and oxygen atoms in total. The number of primary amides is 1. The van der Waals surface area contributed by atoms with Gasteiger partial charge in [-0.1, -0.05) is 6.07 Å². The summed E-state index contributed by atoms with van der Waals surface area (Å²) < 4.78 is 52.2. The van der Waals surface area contributed by atoms with E-state index < -0.39 is 27.6 Å². The normalized spacial score (nSPS) is 11.1. The Morgan fingerprint density at radius 1 is 1.06 bits per heavy atom. The van der Waals surface area contributed by atoms with Crippen molar-refractivity contribution in [3.63, 3.8) is 0 Å². The van der Waals surface area contributed by atoms with E-state index in [2.05, 4.69) is 20.3 Å². The molecule has 1 aromatic heterocycles. The van der Waals surface area contributed by atoms with Gasteiger partial charge in [-0.25, -0.2) is 22.2 Å². The second-order valence-corrected chi connectivity index (χ2v) is 8.83. The second-order valence-electron chi connectivity index (χ2n) is 7.08. The second kappa shape index (κ2) is 9.60. The predicted molar refractivity (Wildman–Crippen MR) is 119 cm³/mol. The first kappa shape index (κ1) is 22.9. The van der Waals surface area contributed by atoms with Crippen LogP contribution in [0.25, 0.3) is 0 Å². The van der Waals surface area contributed by atoms with E-state index >= 15 is 0 Å². The Hall–Kier alpha value is -3.73. The summed E-state index contributed by atoms with van der Waals surface area (Å²) in [5.41, 5.74) is 7.61. The van der Waals surface area contributed by atoms with E-state index in [1.54, 1.807) is 30.3 Å². The number of rotatable bonds is 9. The van der Waals surface area contributed by atoms with Gasteiger partial charge < -0.3 is 16.4 Å². The quantitative estimate of drug-likeness (QED) is 0.388. The molecule has 2 aromatic carbocycles.